The van der Waals surface area contributed by atoms with Crippen molar-refractivity contribution < 1.29 is 14.3 Å². The van der Waals surface area contributed by atoms with Crippen LogP contribution in [0.4, 0.5) is 0 Å². The molecule has 0 bridgehead atoms. The van der Waals surface area contributed by atoms with Gasteiger partial charge >= 0.3 is 0 Å². The predicted octanol–water partition coefficient (Wildman–Crippen LogP) is 2.96. The molecule has 0 saturated heterocycles. The number of carbonyl (C=O) groups is 1. The third-order valence-electron chi connectivity index (χ3n) is 2.11. The first kappa shape index (κ1) is 13.0. The number of rotatable bonds is 7. The van der Waals surface area contributed by atoms with Crippen LogP contribution in [0.3, 0.4) is 0 Å². The van der Waals surface area contributed by atoms with Crippen molar-refractivity contribution in [1.82, 2.24) is 0 Å². The van der Waals surface area contributed by atoms with Crippen LogP contribution in [-0.4, -0.2) is 26.6 Å². The van der Waals surface area contributed by atoms with Crippen molar-refractivity contribution >= 4 is 17.9 Å². The highest BCUT2D eigenvalue weighted by Crippen LogP contribution is 2.27. The van der Waals surface area contributed by atoms with E-state index in [1.165, 1.54) is 0 Å². The third-order valence-corrected chi connectivity index (χ3v) is 2.41. The van der Waals surface area contributed by atoms with E-state index >= 15 is 0 Å². The van der Waals surface area contributed by atoms with E-state index in [9.17, 15) is 4.79 Å². The molecule has 0 atom stereocenters. The molecule has 0 aliphatic rings. The van der Waals surface area contributed by atoms with E-state index in [0.29, 0.717) is 29.5 Å². The summed E-state index contributed by atoms with van der Waals surface area (Å²) >= 11 is 5.94. The van der Waals surface area contributed by atoms with E-state index in [4.69, 9.17) is 21.1 Å². The topological polar surface area (TPSA) is 35.5 Å². The van der Waals surface area contributed by atoms with E-state index in [0.717, 1.165) is 19.1 Å². The molecule has 0 aliphatic carbocycles. The summed E-state index contributed by atoms with van der Waals surface area (Å²) in [7, 11) is 1.67. The molecule has 0 heterocycles. The highest BCUT2D eigenvalue weighted by molar-refractivity contribution is 6.32. The maximum absolute atomic E-state index is 10.8. The predicted molar refractivity (Wildman–Crippen MR) is 63.4 cm³/mol. The van der Waals surface area contributed by atoms with Gasteiger partial charge in [0.25, 0.3) is 0 Å². The van der Waals surface area contributed by atoms with E-state index in [1.807, 2.05) is 0 Å². The van der Waals surface area contributed by atoms with Gasteiger partial charge in [0.05, 0.1) is 17.2 Å². The molecule has 0 aromatic heterocycles. The highest BCUT2D eigenvalue weighted by atomic mass is 35.5. The third kappa shape index (κ3) is 3.83. The molecule has 0 aliphatic heterocycles. The van der Waals surface area contributed by atoms with E-state index < -0.39 is 0 Å². The standard InChI is InChI=1S/C12H15ClO3/c1-15-7-2-3-8-16-12-10(9-14)5-4-6-11(12)13/h4-6,9H,2-3,7-8H2,1H3. The van der Waals surface area contributed by atoms with E-state index in [-0.39, 0.29) is 0 Å². The van der Waals surface area contributed by atoms with Gasteiger partial charge in [-0.25, -0.2) is 0 Å². The zero-order valence-corrected chi connectivity index (χ0v) is 10.00. The first-order valence-electron chi connectivity index (χ1n) is 5.15. The Labute approximate surface area is 100 Å². The summed E-state index contributed by atoms with van der Waals surface area (Å²) in [5.41, 5.74) is 0.485. The molecule has 0 N–H and O–H groups in total. The lowest BCUT2D eigenvalue weighted by molar-refractivity contribution is 0.111. The summed E-state index contributed by atoms with van der Waals surface area (Å²) in [6.45, 7) is 1.25. The van der Waals surface area contributed by atoms with Crippen LogP contribution in [0.15, 0.2) is 18.2 Å². The van der Waals surface area contributed by atoms with Gasteiger partial charge in [-0.15, -0.1) is 0 Å². The fourth-order valence-electron chi connectivity index (χ4n) is 1.29. The minimum Gasteiger partial charge on any atom is -0.491 e. The van der Waals surface area contributed by atoms with Crippen molar-refractivity contribution in [2.45, 2.75) is 12.8 Å². The number of hydrogen-bond donors (Lipinski definition) is 0. The van der Waals surface area contributed by atoms with Gasteiger partial charge < -0.3 is 9.47 Å². The van der Waals surface area contributed by atoms with Gasteiger partial charge in [0.2, 0.25) is 0 Å². The number of hydrogen-bond acceptors (Lipinski definition) is 3. The fourth-order valence-corrected chi connectivity index (χ4v) is 1.53. The van der Waals surface area contributed by atoms with E-state index in [1.54, 1.807) is 25.3 Å². The second-order valence-corrected chi connectivity index (χ2v) is 3.73. The van der Waals surface area contributed by atoms with Crippen molar-refractivity contribution in [3.8, 4) is 5.75 Å². The monoisotopic (exact) mass is 242 g/mol. The van der Waals surface area contributed by atoms with Gasteiger partial charge in [-0.05, 0) is 25.0 Å². The zero-order chi connectivity index (χ0) is 11.8. The largest absolute Gasteiger partial charge is 0.491 e. The summed E-state index contributed by atoms with van der Waals surface area (Å²) < 4.78 is 10.4. The summed E-state index contributed by atoms with van der Waals surface area (Å²) in [6.07, 6.45) is 2.55. The number of para-hydroxylation sites is 1. The van der Waals surface area contributed by atoms with Crippen molar-refractivity contribution in [2.24, 2.45) is 0 Å². The molecule has 4 heteroatoms. The maximum Gasteiger partial charge on any atom is 0.153 e. The van der Waals surface area contributed by atoms with Crippen LogP contribution in [0, 0.1) is 0 Å². The van der Waals surface area contributed by atoms with E-state index in [2.05, 4.69) is 0 Å². The van der Waals surface area contributed by atoms with Gasteiger partial charge in [-0.2, -0.15) is 0 Å². The number of aldehydes is 1. The fraction of sp³-hybridized carbons (Fsp3) is 0.417. The zero-order valence-electron chi connectivity index (χ0n) is 9.24. The van der Waals surface area contributed by atoms with Crippen molar-refractivity contribution in [3.63, 3.8) is 0 Å². The van der Waals surface area contributed by atoms with Gasteiger partial charge in [0.1, 0.15) is 5.75 Å². The normalized spacial score (nSPS) is 10.1. The van der Waals surface area contributed by atoms with Gasteiger partial charge in [0, 0.05) is 13.7 Å². The first-order chi connectivity index (χ1) is 7.79. The molecule has 0 amide bonds. The lowest BCUT2D eigenvalue weighted by Gasteiger charge is -2.09. The number of ether oxygens (including phenoxy) is 2. The second kappa shape index (κ2) is 7.25. The molecule has 1 aromatic carbocycles. The highest BCUT2D eigenvalue weighted by Gasteiger charge is 2.06. The Morgan fingerprint density at radius 1 is 1.31 bits per heavy atom. The minimum atomic E-state index is 0.469. The molecule has 3 nitrogen and oxygen atoms in total. The Morgan fingerprint density at radius 3 is 2.75 bits per heavy atom. The number of halogens is 1. The van der Waals surface area contributed by atoms with Crippen LogP contribution in [0.5, 0.6) is 5.75 Å². The Hall–Kier alpha value is -1.06. The number of unbranched alkanes of at least 4 members (excludes halogenated alkanes) is 1. The molecule has 0 saturated carbocycles. The Kier molecular flexibility index (Phi) is 5.90. The van der Waals surface area contributed by atoms with Crippen molar-refractivity contribution in [3.05, 3.63) is 28.8 Å². The van der Waals surface area contributed by atoms with Gasteiger partial charge in [-0.3, -0.25) is 4.79 Å². The maximum atomic E-state index is 10.8. The molecule has 0 unspecified atom stereocenters. The molecule has 0 fully saturated rings. The SMILES string of the molecule is COCCCCOc1c(Cl)cccc1C=O. The number of benzene rings is 1. The smallest absolute Gasteiger partial charge is 0.153 e. The summed E-state index contributed by atoms with van der Waals surface area (Å²) in [4.78, 5) is 10.8. The van der Waals surface area contributed by atoms with Crippen LogP contribution in [-0.2, 0) is 4.74 Å². The van der Waals surface area contributed by atoms with Crippen LogP contribution < -0.4 is 4.74 Å². The number of methoxy groups -OCH3 is 1. The summed E-state index contributed by atoms with van der Waals surface area (Å²) in [5, 5.41) is 0.469. The molecule has 0 spiro atoms. The average molecular weight is 243 g/mol. The van der Waals surface area contributed by atoms with Crippen LogP contribution in [0.2, 0.25) is 5.02 Å². The molecule has 88 valence electrons. The molecule has 0 radical (unpaired) electrons. The van der Waals surface area contributed by atoms with Gasteiger partial charge in [-0.1, -0.05) is 17.7 Å². The number of carbonyl (C=O) groups excluding carboxylic acids is 1. The molecule has 16 heavy (non-hydrogen) atoms. The van der Waals surface area contributed by atoms with Crippen LogP contribution in [0.1, 0.15) is 23.2 Å². The Bertz CT molecular complexity index is 339. The Balaban J connectivity index is 2.49. The van der Waals surface area contributed by atoms with Gasteiger partial charge in [0.15, 0.2) is 6.29 Å². The second-order valence-electron chi connectivity index (χ2n) is 3.32. The molecular weight excluding hydrogens is 228 g/mol. The quantitative estimate of drug-likeness (QED) is 0.545. The minimum absolute atomic E-state index is 0.469. The van der Waals surface area contributed by atoms with Crippen molar-refractivity contribution in [1.29, 1.82) is 0 Å². The summed E-state index contributed by atoms with van der Waals surface area (Å²) in [5.74, 6) is 0.469. The van der Waals surface area contributed by atoms with Crippen molar-refractivity contribution in [2.75, 3.05) is 20.3 Å². The summed E-state index contributed by atoms with van der Waals surface area (Å²) in [6, 6.07) is 5.12. The Morgan fingerprint density at radius 2 is 2.06 bits per heavy atom. The molecule has 1 aromatic rings. The lowest BCUT2D eigenvalue weighted by atomic mass is 10.2. The average Bonchev–Trinajstić information content (AvgIpc) is 2.30. The van der Waals surface area contributed by atoms with Crippen LogP contribution >= 0.6 is 11.6 Å². The first-order valence-corrected chi connectivity index (χ1v) is 5.53. The lowest BCUT2D eigenvalue weighted by Crippen LogP contribution is -2.02. The molecular formula is C12H15ClO3. The molecule has 1 rings (SSSR count). The van der Waals surface area contributed by atoms with Crippen LogP contribution in [0.25, 0.3) is 0 Å².